The van der Waals surface area contributed by atoms with Crippen LogP contribution in [0.25, 0.3) is 11.0 Å². The number of fused-ring (bicyclic) bond motifs is 1. The van der Waals surface area contributed by atoms with Crippen molar-refractivity contribution >= 4 is 34.9 Å². The number of pyridine rings is 1. The van der Waals surface area contributed by atoms with Gasteiger partial charge >= 0.3 is 23.9 Å². The fraction of sp³-hybridized carbons (Fsp3) is 0.628. The van der Waals surface area contributed by atoms with Crippen molar-refractivity contribution < 1.29 is 62.9 Å². The molecule has 2 N–H and O–H groups in total. The van der Waals surface area contributed by atoms with Gasteiger partial charge in [-0.25, -0.2) is 4.98 Å². The van der Waals surface area contributed by atoms with Gasteiger partial charge in [-0.2, -0.15) is 0 Å². The summed E-state index contributed by atoms with van der Waals surface area (Å²) in [5.41, 5.74) is -3.34. The van der Waals surface area contributed by atoms with E-state index in [9.17, 15) is 19.2 Å². The highest BCUT2D eigenvalue weighted by atomic mass is 16.7. The maximum absolute atomic E-state index is 13.9. The van der Waals surface area contributed by atoms with Gasteiger partial charge in [0.1, 0.15) is 18.5 Å². The van der Waals surface area contributed by atoms with E-state index >= 15 is 0 Å². The minimum Gasteiger partial charge on any atom is -0.494 e. The van der Waals surface area contributed by atoms with Crippen LogP contribution in [0.5, 0.6) is 11.6 Å². The van der Waals surface area contributed by atoms with E-state index in [1.54, 1.807) is 12.3 Å². The molecule has 320 valence electrons. The van der Waals surface area contributed by atoms with E-state index in [1.807, 2.05) is 24.3 Å². The Hall–Kier alpha value is -4.76. The summed E-state index contributed by atoms with van der Waals surface area (Å²) in [6.45, 7) is 10.1. The van der Waals surface area contributed by atoms with Crippen LogP contribution >= 0.6 is 0 Å². The number of aromatic amines is 1. The molecule has 1 unspecified atom stereocenters. The lowest BCUT2D eigenvalue weighted by Crippen LogP contribution is -2.65. The summed E-state index contributed by atoms with van der Waals surface area (Å²) in [7, 11) is 0. The largest absolute Gasteiger partial charge is 0.494 e. The highest BCUT2D eigenvalue weighted by Gasteiger charge is 2.56. The summed E-state index contributed by atoms with van der Waals surface area (Å²) >= 11 is 0. The molecule has 0 saturated carbocycles. The first-order valence-electron chi connectivity index (χ1n) is 21.9. The van der Waals surface area contributed by atoms with Crippen LogP contribution < -0.4 is 9.47 Å². The average Bonchev–Trinajstić information content (AvgIpc) is 3.67. The smallest absolute Gasteiger partial charge is 0.311 e. The average molecular weight is 816 g/mol. The number of nitrogens with zero attached hydrogens (tertiary/aromatic N) is 2. The second-order valence-electron chi connectivity index (χ2n) is 17.2. The second kappa shape index (κ2) is 18.4. The zero-order valence-corrected chi connectivity index (χ0v) is 34.8. The van der Waals surface area contributed by atoms with E-state index in [2.05, 4.69) is 15.2 Å². The number of hydrogen-bond acceptors (Lipinski definition) is 14. The summed E-state index contributed by atoms with van der Waals surface area (Å²) in [5, 5.41) is 16.7. The van der Waals surface area contributed by atoms with Crippen molar-refractivity contribution in [1.29, 1.82) is 0 Å². The monoisotopic (exact) mass is 815 g/mol. The number of esters is 4. The van der Waals surface area contributed by atoms with Crippen molar-refractivity contribution in [3.8, 4) is 11.6 Å². The quantitative estimate of drug-likeness (QED) is 0.108. The molecule has 15 heteroatoms. The normalized spacial score (nSPS) is 21.2. The van der Waals surface area contributed by atoms with Gasteiger partial charge in [-0.05, 0) is 125 Å². The zero-order chi connectivity index (χ0) is 46.0. The summed E-state index contributed by atoms with van der Waals surface area (Å²) < 4.78 is 74.3. The van der Waals surface area contributed by atoms with Gasteiger partial charge in [0, 0.05) is 24.7 Å². The summed E-state index contributed by atoms with van der Waals surface area (Å²) in [6.07, 6.45) is -5.09. The van der Waals surface area contributed by atoms with Crippen LogP contribution in [0.3, 0.4) is 0 Å². The maximum atomic E-state index is 13.9. The topological polar surface area (TPSA) is 195 Å². The summed E-state index contributed by atoms with van der Waals surface area (Å²) in [6, 6.07) is 9.35. The molecular formula is C43H61N3O12. The number of H-pyrrole nitrogens is 1. The molecule has 3 aromatic rings. The number of rotatable bonds is 14. The molecule has 1 fully saturated rings. The number of aliphatic hydroxyl groups is 1. The predicted octanol–water partition coefficient (Wildman–Crippen LogP) is 6.07. The molecule has 2 aromatic heterocycles. The Morgan fingerprint density at radius 2 is 1.34 bits per heavy atom. The molecule has 0 bridgehead atoms. The molecule has 0 aliphatic carbocycles. The number of aromatic nitrogens is 3. The standard InChI is InChI=1S/C43H61N3O12/c1-40(2,3)36(48)53-24-28-30(55-37(49)41(4,5)6)31(56-38(50)42(7,8)9)32(57-39(51)43(10,11)12)35(54-28)58-34-29-26(20-21-44-33(29)45-46-34)17-14-25-15-18-27(19-16-25)52-23-13-22-47/h15-16,18-21,28,30-32,35,47H,13-14,17,22-24H2,1-12H3,(H,44,45,46)/t28-,30-,31+,32-,35?/m1/s1/i1D,4D,7D,10D. The zero-order valence-electron chi connectivity index (χ0n) is 38.8. The van der Waals surface area contributed by atoms with Crippen molar-refractivity contribution in [2.24, 2.45) is 21.7 Å². The first-order valence-corrected chi connectivity index (χ1v) is 19.1. The van der Waals surface area contributed by atoms with Crippen LogP contribution in [-0.4, -0.2) is 94.7 Å². The molecule has 0 radical (unpaired) electrons. The Bertz CT molecular complexity index is 1990. The van der Waals surface area contributed by atoms with Crippen molar-refractivity contribution in [2.45, 2.75) is 133 Å². The Morgan fingerprint density at radius 3 is 1.93 bits per heavy atom. The number of carbonyl (C=O) groups excluding carboxylic acids is 4. The summed E-state index contributed by atoms with van der Waals surface area (Å²) in [5.74, 6) is -2.89. The van der Waals surface area contributed by atoms with E-state index in [1.165, 1.54) is 55.4 Å². The second-order valence-corrected chi connectivity index (χ2v) is 17.2. The molecule has 1 aliphatic rings. The third-order valence-electron chi connectivity index (χ3n) is 8.83. The Kier molecular flexibility index (Phi) is 12.7. The number of aliphatic hydroxyl groups excluding tert-OH is 1. The van der Waals surface area contributed by atoms with Crippen LogP contribution in [0, 0.1) is 21.7 Å². The highest BCUT2D eigenvalue weighted by Crippen LogP contribution is 2.36. The van der Waals surface area contributed by atoms with Crippen molar-refractivity contribution in [3.05, 3.63) is 47.7 Å². The van der Waals surface area contributed by atoms with Crippen LogP contribution in [-0.2, 0) is 55.7 Å². The molecule has 4 rings (SSSR count). The van der Waals surface area contributed by atoms with Gasteiger partial charge in [0.2, 0.25) is 18.3 Å². The third kappa shape index (κ3) is 12.1. The van der Waals surface area contributed by atoms with Crippen LogP contribution in [0.15, 0.2) is 36.5 Å². The van der Waals surface area contributed by atoms with Crippen LogP contribution in [0.4, 0.5) is 0 Å². The Balaban J connectivity index is 1.83. The van der Waals surface area contributed by atoms with Gasteiger partial charge < -0.3 is 38.3 Å². The molecule has 1 aromatic carbocycles. The summed E-state index contributed by atoms with van der Waals surface area (Å²) in [4.78, 5) is 59.1. The fourth-order valence-corrected chi connectivity index (χ4v) is 5.39. The minimum atomic E-state index is -1.73. The van der Waals surface area contributed by atoms with Gasteiger partial charge in [-0.3, -0.25) is 24.3 Å². The number of nitrogens with one attached hydrogen (secondary N) is 1. The van der Waals surface area contributed by atoms with E-state index in [-0.39, 0.29) is 19.4 Å². The molecule has 1 aliphatic heterocycles. The molecule has 58 heavy (non-hydrogen) atoms. The predicted molar refractivity (Wildman–Crippen MR) is 213 cm³/mol. The van der Waals surface area contributed by atoms with E-state index < -0.39 is 104 Å². The molecule has 0 spiro atoms. The Morgan fingerprint density at radius 1 is 0.776 bits per heavy atom. The lowest BCUT2D eigenvalue weighted by atomic mass is 9.93. The van der Waals surface area contributed by atoms with E-state index in [0.717, 1.165) is 11.1 Å². The SMILES string of the molecule is [2H]CC(C)(C)C(=O)OC[C@H]1OC(Oc2n[nH]c3nccc(CCc4ccc(OCCCO)cc4)c23)[C@H](OC(=O)C(C)(C)C[2H])[C@@H](OC(=O)C(C)(C)C[2H])[C@@H]1OC(=O)C(C)(C)C[2H]. The molecule has 15 nitrogen and oxygen atoms in total. The van der Waals surface area contributed by atoms with Crippen LogP contribution in [0.1, 0.15) is 106 Å². The number of benzene rings is 1. The molecular weight excluding hydrogens is 750 g/mol. The molecule has 1 saturated heterocycles. The molecule has 3 heterocycles. The van der Waals surface area contributed by atoms with E-state index in [4.69, 9.17) is 43.7 Å². The first kappa shape index (κ1) is 40.0. The Labute approximate surface area is 346 Å². The van der Waals surface area contributed by atoms with Crippen molar-refractivity contribution in [2.75, 3.05) is 19.8 Å². The van der Waals surface area contributed by atoms with Gasteiger partial charge in [0.15, 0.2) is 17.9 Å². The number of ether oxygens (including phenoxy) is 7. The lowest BCUT2D eigenvalue weighted by Gasteiger charge is -2.45. The third-order valence-corrected chi connectivity index (χ3v) is 8.83. The highest BCUT2D eigenvalue weighted by molar-refractivity contribution is 5.84. The minimum absolute atomic E-state index is 0.0315. The van der Waals surface area contributed by atoms with Crippen molar-refractivity contribution in [1.82, 2.24) is 15.2 Å². The molecule has 5 atom stereocenters. The van der Waals surface area contributed by atoms with Crippen molar-refractivity contribution in [3.63, 3.8) is 0 Å². The van der Waals surface area contributed by atoms with E-state index in [0.29, 0.717) is 42.7 Å². The van der Waals surface area contributed by atoms with Gasteiger partial charge in [-0.15, -0.1) is 5.10 Å². The van der Waals surface area contributed by atoms with Gasteiger partial charge in [-0.1, -0.05) is 12.1 Å². The van der Waals surface area contributed by atoms with Gasteiger partial charge in [0.05, 0.1) is 33.7 Å². The number of hydrogen-bond donors (Lipinski definition) is 2. The fourth-order valence-electron chi connectivity index (χ4n) is 5.39. The number of aryl methyl sites for hydroxylation is 2. The lowest BCUT2D eigenvalue weighted by molar-refractivity contribution is -0.294. The van der Waals surface area contributed by atoms with Gasteiger partial charge in [0.25, 0.3) is 0 Å². The molecule has 0 amide bonds. The first-order chi connectivity index (χ1) is 29.1. The van der Waals surface area contributed by atoms with Crippen LogP contribution in [0.2, 0.25) is 0 Å². The number of carbonyl (C=O) groups is 4. The maximum Gasteiger partial charge on any atom is 0.311 e.